The Bertz CT molecular complexity index is 789. The van der Waals surface area contributed by atoms with Crippen molar-refractivity contribution in [2.75, 3.05) is 12.3 Å². The lowest BCUT2D eigenvalue weighted by molar-refractivity contribution is -0.149. The van der Waals surface area contributed by atoms with E-state index in [4.69, 9.17) is 4.74 Å². The van der Waals surface area contributed by atoms with Crippen molar-refractivity contribution in [2.24, 2.45) is 5.92 Å². The number of likely N-dealkylation sites (tertiary alicyclic amines) is 1. The van der Waals surface area contributed by atoms with Crippen LogP contribution in [0.2, 0.25) is 0 Å². The summed E-state index contributed by atoms with van der Waals surface area (Å²) in [4.78, 5) is 25.4. The van der Waals surface area contributed by atoms with Gasteiger partial charge in [-0.1, -0.05) is 43.3 Å². The first-order chi connectivity index (χ1) is 12.0. The Labute approximate surface area is 152 Å². The molecule has 0 saturated carbocycles. The molecule has 1 heterocycles. The molecule has 1 aliphatic rings. The Balaban J connectivity index is 1.81. The van der Waals surface area contributed by atoms with Gasteiger partial charge in [-0.05, 0) is 11.5 Å². The van der Waals surface area contributed by atoms with E-state index in [2.05, 4.69) is 12.6 Å². The summed E-state index contributed by atoms with van der Waals surface area (Å²) in [6, 6.07) is 12.8. The first kappa shape index (κ1) is 17.6. The molecule has 1 amide bonds. The predicted molar refractivity (Wildman–Crippen MR) is 99.1 cm³/mol. The van der Waals surface area contributed by atoms with E-state index in [0.29, 0.717) is 11.5 Å². The zero-order chi connectivity index (χ0) is 18.0. The van der Waals surface area contributed by atoms with Crippen LogP contribution in [-0.2, 0) is 9.59 Å². The van der Waals surface area contributed by atoms with Crippen molar-refractivity contribution in [3.63, 3.8) is 0 Å². The number of carboxylic acids is 1. The van der Waals surface area contributed by atoms with E-state index in [0.717, 1.165) is 10.8 Å². The van der Waals surface area contributed by atoms with Gasteiger partial charge in [0.1, 0.15) is 17.9 Å². The van der Waals surface area contributed by atoms with E-state index in [1.165, 1.54) is 4.90 Å². The lowest BCUT2D eigenvalue weighted by atomic mass is 10.1. The highest BCUT2D eigenvalue weighted by Gasteiger charge is 2.41. The smallest absolute Gasteiger partial charge is 0.326 e. The van der Waals surface area contributed by atoms with Crippen molar-refractivity contribution >= 4 is 35.3 Å². The predicted octanol–water partition coefficient (Wildman–Crippen LogP) is 2.84. The van der Waals surface area contributed by atoms with Crippen molar-refractivity contribution < 1.29 is 19.4 Å². The van der Waals surface area contributed by atoms with E-state index in [-0.39, 0.29) is 30.9 Å². The lowest BCUT2D eigenvalue weighted by Crippen LogP contribution is -2.43. The highest BCUT2D eigenvalue weighted by Crippen LogP contribution is 2.30. The van der Waals surface area contributed by atoms with Crippen molar-refractivity contribution in [3.8, 4) is 5.75 Å². The third-order valence-electron chi connectivity index (χ3n) is 4.57. The summed E-state index contributed by atoms with van der Waals surface area (Å²) < 4.78 is 6.09. The molecule has 1 fully saturated rings. The molecule has 6 heteroatoms. The standard InChI is InChI=1S/C19H21NO4S/c1-12(11-25)18(21)20-10-14(9-16(20)19(22)23)24-17-8-4-6-13-5-2-3-7-15(13)17/h2-8,12,14,16,25H,9-11H2,1H3,(H,22,23)/t12?,14?,16-/m0/s1. The molecular weight excluding hydrogens is 338 g/mol. The SMILES string of the molecule is CC(CS)C(=O)N1CC(Oc2cccc3ccccc23)C[C@H]1C(=O)O. The highest BCUT2D eigenvalue weighted by molar-refractivity contribution is 7.80. The first-order valence-electron chi connectivity index (χ1n) is 8.30. The van der Waals surface area contributed by atoms with Crippen molar-refractivity contribution in [1.29, 1.82) is 0 Å². The number of ether oxygens (including phenoxy) is 1. The van der Waals surface area contributed by atoms with Crippen LogP contribution < -0.4 is 4.74 Å². The molecule has 2 aromatic rings. The van der Waals surface area contributed by atoms with Gasteiger partial charge in [-0.2, -0.15) is 12.6 Å². The second-order valence-corrected chi connectivity index (χ2v) is 6.75. The largest absolute Gasteiger partial charge is 0.488 e. The number of nitrogens with zero attached hydrogens (tertiary/aromatic N) is 1. The van der Waals surface area contributed by atoms with E-state index < -0.39 is 12.0 Å². The van der Waals surface area contributed by atoms with Crippen LogP contribution in [0.25, 0.3) is 10.8 Å². The summed E-state index contributed by atoms with van der Waals surface area (Å²) >= 11 is 4.15. The molecular formula is C19H21NO4S. The monoisotopic (exact) mass is 359 g/mol. The van der Waals surface area contributed by atoms with Crippen LogP contribution >= 0.6 is 12.6 Å². The van der Waals surface area contributed by atoms with Gasteiger partial charge in [-0.3, -0.25) is 4.79 Å². The number of carbonyl (C=O) groups is 2. The minimum atomic E-state index is -0.997. The minimum Gasteiger partial charge on any atom is -0.488 e. The van der Waals surface area contributed by atoms with Gasteiger partial charge in [-0.15, -0.1) is 0 Å². The van der Waals surface area contributed by atoms with Gasteiger partial charge in [0, 0.05) is 23.5 Å². The molecule has 0 bridgehead atoms. The van der Waals surface area contributed by atoms with Crippen LogP contribution in [0.5, 0.6) is 5.75 Å². The number of carbonyl (C=O) groups excluding carboxylic acids is 1. The summed E-state index contributed by atoms with van der Waals surface area (Å²) in [7, 11) is 0. The van der Waals surface area contributed by atoms with Crippen LogP contribution in [0, 0.1) is 5.92 Å². The molecule has 0 aliphatic carbocycles. The summed E-state index contributed by atoms with van der Waals surface area (Å²) in [6.45, 7) is 2.03. The van der Waals surface area contributed by atoms with Gasteiger partial charge in [-0.25, -0.2) is 4.79 Å². The van der Waals surface area contributed by atoms with Crippen LogP contribution in [0.15, 0.2) is 42.5 Å². The van der Waals surface area contributed by atoms with Gasteiger partial charge in [0.15, 0.2) is 0 Å². The molecule has 2 aromatic carbocycles. The van der Waals surface area contributed by atoms with Crippen molar-refractivity contribution in [1.82, 2.24) is 4.90 Å². The molecule has 1 aliphatic heterocycles. The number of benzene rings is 2. The zero-order valence-corrected chi connectivity index (χ0v) is 14.9. The van der Waals surface area contributed by atoms with Gasteiger partial charge in [0.2, 0.25) is 5.91 Å². The quantitative estimate of drug-likeness (QED) is 0.806. The lowest BCUT2D eigenvalue weighted by Gasteiger charge is -2.24. The summed E-state index contributed by atoms with van der Waals surface area (Å²) in [5, 5.41) is 11.5. The number of aliphatic carboxylic acids is 1. The maximum absolute atomic E-state index is 12.5. The second-order valence-electron chi connectivity index (χ2n) is 6.38. The third kappa shape index (κ3) is 3.58. The first-order valence-corrected chi connectivity index (χ1v) is 8.93. The van der Waals surface area contributed by atoms with E-state index >= 15 is 0 Å². The number of carboxylic acid groups (broad SMARTS) is 1. The molecule has 1 N–H and O–H groups in total. The third-order valence-corrected chi connectivity index (χ3v) is 5.12. The molecule has 25 heavy (non-hydrogen) atoms. The van der Waals surface area contributed by atoms with Gasteiger partial charge < -0.3 is 14.7 Å². The molecule has 2 unspecified atom stereocenters. The van der Waals surface area contributed by atoms with Crippen LogP contribution in [0.1, 0.15) is 13.3 Å². The van der Waals surface area contributed by atoms with E-state index in [1.807, 2.05) is 42.5 Å². The average Bonchev–Trinajstić information content (AvgIpc) is 3.05. The maximum Gasteiger partial charge on any atom is 0.326 e. The van der Waals surface area contributed by atoms with E-state index in [9.17, 15) is 14.7 Å². The summed E-state index contributed by atoms with van der Waals surface area (Å²) in [6.07, 6.45) is -0.0631. The molecule has 3 rings (SSSR count). The summed E-state index contributed by atoms with van der Waals surface area (Å²) in [5.41, 5.74) is 0. The molecule has 132 valence electrons. The van der Waals surface area contributed by atoms with Crippen molar-refractivity contribution in [3.05, 3.63) is 42.5 Å². The second kappa shape index (κ2) is 7.35. The Morgan fingerprint density at radius 3 is 2.72 bits per heavy atom. The van der Waals surface area contributed by atoms with E-state index in [1.54, 1.807) is 6.92 Å². The number of fused-ring (bicyclic) bond motifs is 1. The Morgan fingerprint density at radius 1 is 1.28 bits per heavy atom. The zero-order valence-electron chi connectivity index (χ0n) is 14.0. The Kier molecular flexibility index (Phi) is 5.18. The fraction of sp³-hybridized carbons (Fsp3) is 0.368. The highest BCUT2D eigenvalue weighted by atomic mass is 32.1. The number of thiol groups is 1. The Hall–Kier alpha value is -2.21. The van der Waals surface area contributed by atoms with Gasteiger partial charge in [0.05, 0.1) is 6.54 Å². The number of rotatable bonds is 5. The number of hydrogen-bond acceptors (Lipinski definition) is 4. The van der Waals surface area contributed by atoms with Gasteiger partial charge in [0.25, 0.3) is 0 Å². The molecule has 3 atom stereocenters. The molecule has 0 spiro atoms. The molecule has 1 saturated heterocycles. The van der Waals surface area contributed by atoms with Crippen LogP contribution in [0.3, 0.4) is 0 Å². The number of amides is 1. The molecule has 5 nitrogen and oxygen atoms in total. The fourth-order valence-corrected chi connectivity index (χ4v) is 3.36. The van der Waals surface area contributed by atoms with Gasteiger partial charge >= 0.3 is 5.97 Å². The van der Waals surface area contributed by atoms with Crippen LogP contribution in [-0.4, -0.2) is 46.3 Å². The molecule has 0 aromatic heterocycles. The topological polar surface area (TPSA) is 66.8 Å². The average molecular weight is 359 g/mol. The Morgan fingerprint density at radius 2 is 2.00 bits per heavy atom. The van der Waals surface area contributed by atoms with Crippen LogP contribution in [0.4, 0.5) is 0 Å². The normalized spacial score (nSPS) is 21.3. The fourth-order valence-electron chi connectivity index (χ4n) is 3.20. The molecule has 0 radical (unpaired) electrons. The van der Waals surface area contributed by atoms with Crippen molar-refractivity contribution in [2.45, 2.75) is 25.5 Å². The number of hydrogen-bond donors (Lipinski definition) is 2. The maximum atomic E-state index is 12.5. The minimum absolute atomic E-state index is 0.189. The summed E-state index contributed by atoms with van der Waals surface area (Å²) in [5.74, 6) is -0.406.